The molecule has 1 aromatic carbocycles. The molecule has 20 heavy (non-hydrogen) atoms. The minimum atomic E-state index is 0.625. The normalized spacial score (nSPS) is 14.4. The second kappa shape index (κ2) is 5.94. The van der Waals surface area contributed by atoms with Gasteiger partial charge in [0.25, 0.3) is 0 Å². The first-order chi connectivity index (χ1) is 9.86. The molecular weight excluding hydrogens is 252 g/mol. The van der Waals surface area contributed by atoms with Crippen LogP contribution in [0.2, 0.25) is 0 Å². The Labute approximate surface area is 119 Å². The SMILES string of the molecule is COc1ccccc1NCc1nc2n(n1)CCCCC2. The van der Waals surface area contributed by atoms with Crippen LogP contribution in [0.3, 0.4) is 0 Å². The maximum atomic E-state index is 5.32. The van der Waals surface area contributed by atoms with Crippen molar-refractivity contribution >= 4 is 5.69 Å². The molecule has 2 aromatic rings. The van der Waals surface area contributed by atoms with Crippen LogP contribution in [0.15, 0.2) is 24.3 Å². The summed E-state index contributed by atoms with van der Waals surface area (Å²) in [7, 11) is 1.68. The van der Waals surface area contributed by atoms with Gasteiger partial charge in [-0.3, -0.25) is 0 Å². The van der Waals surface area contributed by atoms with E-state index in [0.29, 0.717) is 6.54 Å². The summed E-state index contributed by atoms with van der Waals surface area (Å²) < 4.78 is 7.38. The third kappa shape index (κ3) is 2.76. The van der Waals surface area contributed by atoms with Crippen molar-refractivity contribution in [2.75, 3.05) is 12.4 Å². The minimum Gasteiger partial charge on any atom is -0.495 e. The van der Waals surface area contributed by atoms with Crippen LogP contribution in [-0.4, -0.2) is 21.9 Å². The van der Waals surface area contributed by atoms with E-state index in [-0.39, 0.29) is 0 Å². The van der Waals surface area contributed by atoms with Crippen LogP contribution in [0.25, 0.3) is 0 Å². The van der Waals surface area contributed by atoms with Crippen LogP contribution in [0.5, 0.6) is 5.75 Å². The molecule has 106 valence electrons. The second-order valence-corrected chi connectivity index (χ2v) is 5.03. The summed E-state index contributed by atoms with van der Waals surface area (Å²) in [6, 6.07) is 7.89. The van der Waals surface area contributed by atoms with Crippen molar-refractivity contribution in [3.05, 3.63) is 35.9 Å². The van der Waals surface area contributed by atoms with Crippen molar-refractivity contribution in [2.45, 2.75) is 38.8 Å². The predicted molar refractivity (Wildman–Crippen MR) is 77.9 cm³/mol. The number of fused-ring (bicyclic) bond motifs is 1. The zero-order valence-electron chi connectivity index (χ0n) is 11.8. The maximum absolute atomic E-state index is 5.32. The van der Waals surface area contributed by atoms with E-state index >= 15 is 0 Å². The first-order valence-corrected chi connectivity index (χ1v) is 7.16. The number of nitrogens with zero attached hydrogens (tertiary/aromatic N) is 3. The lowest BCUT2D eigenvalue weighted by Crippen LogP contribution is -2.05. The molecule has 0 unspecified atom stereocenters. The number of benzene rings is 1. The lowest BCUT2D eigenvalue weighted by atomic mass is 10.2. The molecule has 5 heteroatoms. The molecule has 5 nitrogen and oxygen atoms in total. The summed E-state index contributed by atoms with van der Waals surface area (Å²) in [5, 5.41) is 7.93. The van der Waals surface area contributed by atoms with Gasteiger partial charge in [-0.15, -0.1) is 0 Å². The number of nitrogens with one attached hydrogen (secondary N) is 1. The van der Waals surface area contributed by atoms with Gasteiger partial charge in [0.1, 0.15) is 11.6 Å². The summed E-state index contributed by atoms with van der Waals surface area (Å²) in [5.74, 6) is 2.82. The molecule has 0 amide bonds. The van der Waals surface area contributed by atoms with Gasteiger partial charge in [0.15, 0.2) is 5.82 Å². The molecule has 0 saturated carbocycles. The van der Waals surface area contributed by atoms with Crippen LogP contribution < -0.4 is 10.1 Å². The molecule has 2 heterocycles. The molecule has 1 aromatic heterocycles. The second-order valence-electron chi connectivity index (χ2n) is 5.03. The van der Waals surface area contributed by atoms with Crippen molar-refractivity contribution < 1.29 is 4.74 Å². The van der Waals surface area contributed by atoms with Crippen molar-refractivity contribution in [1.82, 2.24) is 14.8 Å². The highest BCUT2D eigenvalue weighted by molar-refractivity contribution is 5.55. The average Bonchev–Trinajstić information content (AvgIpc) is 2.75. The lowest BCUT2D eigenvalue weighted by molar-refractivity contribution is 0.416. The Morgan fingerprint density at radius 3 is 3.05 bits per heavy atom. The van der Waals surface area contributed by atoms with Crippen LogP contribution in [0, 0.1) is 0 Å². The molecule has 1 N–H and O–H groups in total. The highest BCUT2D eigenvalue weighted by Gasteiger charge is 2.12. The monoisotopic (exact) mass is 272 g/mol. The minimum absolute atomic E-state index is 0.625. The van der Waals surface area contributed by atoms with Crippen molar-refractivity contribution in [1.29, 1.82) is 0 Å². The van der Waals surface area contributed by atoms with E-state index in [0.717, 1.165) is 36.1 Å². The topological polar surface area (TPSA) is 52.0 Å². The van der Waals surface area contributed by atoms with Crippen molar-refractivity contribution in [3.8, 4) is 5.75 Å². The Hall–Kier alpha value is -2.04. The lowest BCUT2D eigenvalue weighted by Gasteiger charge is -2.08. The predicted octanol–water partition coefficient (Wildman–Crippen LogP) is 2.63. The fourth-order valence-corrected chi connectivity index (χ4v) is 2.55. The van der Waals surface area contributed by atoms with E-state index in [1.807, 2.05) is 24.3 Å². The smallest absolute Gasteiger partial charge is 0.169 e. The van der Waals surface area contributed by atoms with Gasteiger partial charge < -0.3 is 10.1 Å². The molecule has 0 atom stereocenters. The molecule has 0 spiro atoms. The fraction of sp³-hybridized carbons (Fsp3) is 0.467. The summed E-state index contributed by atoms with van der Waals surface area (Å²) >= 11 is 0. The Morgan fingerprint density at radius 1 is 1.25 bits per heavy atom. The Morgan fingerprint density at radius 2 is 2.15 bits per heavy atom. The quantitative estimate of drug-likeness (QED) is 0.929. The number of aryl methyl sites for hydroxylation is 2. The Bertz CT molecular complexity index is 556. The van der Waals surface area contributed by atoms with Crippen molar-refractivity contribution in [2.24, 2.45) is 0 Å². The Kier molecular flexibility index (Phi) is 3.85. The van der Waals surface area contributed by atoms with Gasteiger partial charge in [-0.05, 0) is 25.0 Å². The van der Waals surface area contributed by atoms with Crippen LogP contribution >= 0.6 is 0 Å². The molecule has 1 aliphatic rings. The fourth-order valence-electron chi connectivity index (χ4n) is 2.55. The van der Waals surface area contributed by atoms with E-state index in [9.17, 15) is 0 Å². The first-order valence-electron chi connectivity index (χ1n) is 7.16. The number of hydrogen-bond donors (Lipinski definition) is 1. The highest BCUT2D eigenvalue weighted by Crippen LogP contribution is 2.23. The average molecular weight is 272 g/mol. The zero-order chi connectivity index (χ0) is 13.8. The largest absolute Gasteiger partial charge is 0.495 e. The van der Waals surface area contributed by atoms with Gasteiger partial charge in [0.2, 0.25) is 0 Å². The van der Waals surface area contributed by atoms with Gasteiger partial charge in [0, 0.05) is 13.0 Å². The van der Waals surface area contributed by atoms with E-state index < -0.39 is 0 Å². The van der Waals surface area contributed by atoms with Crippen LogP contribution in [0.4, 0.5) is 5.69 Å². The molecule has 0 aliphatic carbocycles. The Balaban J connectivity index is 1.69. The summed E-state index contributed by atoms with van der Waals surface area (Å²) in [6.07, 6.45) is 4.75. The molecule has 1 aliphatic heterocycles. The van der Waals surface area contributed by atoms with Gasteiger partial charge in [-0.25, -0.2) is 9.67 Å². The van der Waals surface area contributed by atoms with Gasteiger partial charge >= 0.3 is 0 Å². The summed E-state index contributed by atoms with van der Waals surface area (Å²) in [4.78, 5) is 4.63. The van der Waals surface area contributed by atoms with Crippen molar-refractivity contribution in [3.63, 3.8) is 0 Å². The number of para-hydroxylation sites is 2. The summed E-state index contributed by atoms with van der Waals surface area (Å²) in [6.45, 7) is 1.62. The first kappa shape index (κ1) is 13.0. The number of hydrogen-bond acceptors (Lipinski definition) is 4. The van der Waals surface area contributed by atoms with Gasteiger partial charge in [-0.2, -0.15) is 5.10 Å². The van der Waals surface area contributed by atoms with Gasteiger partial charge in [-0.1, -0.05) is 18.6 Å². The third-order valence-corrected chi connectivity index (χ3v) is 3.61. The van der Waals surface area contributed by atoms with E-state index in [4.69, 9.17) is 4.74 Å². The van der Waals surface area contributed by atoms with E-state index in [1.165, 1.54) is 19.3 Å². The zero-order valence-corrected chi connectivity index (χ0v) is 11.8. The number of methoxy groups -OCH3 is 1. The third-order valence-electron chi connectivity index (χ3n) is 3.61. The van der Waals surface area contributed by atoms with Crippen LogP contribution in [-0.2, 0) is 19.5 Å². The molecule has 0 radical (unpaired) electrons. The molecule has 3 rings (SSSR count). The number of aromatic nitrogens is 3. The maximum Gasteiger partial charge on any atom is 0.169 e. The number of rotatable bonds is 4. The van der Waals surface area contributed by atoms with E-state index in [1.54, 1.807) is 7.11 Å². The van der Waals surface area contributed by atoms with Crippen LogP contribution in [0.1, 0.15) is 30.9 Å². The number of ether oxygens (including phenoxy) is 1. The standard InChI is InChI=1S/C15H20N4O/c1-20-13-8-5-4-7-12(13)16-11-14-17-15-9-3-2-6-10-19(15)18-14/h4-5,7-8,16H,2-3,6,9-11H2,1H3. The highest BCUT2D eigenvalue weighted by atomic mass is 16.5. The molecular formula is C15H20N4O. The molecule has 0 fully saturated rings. The molecule has 0 bridgehead atoms. The molecule has 0 saturated heterocycles. The summed E-state index contributed by atoms with van der Waals surface area (Å²) in [5.41, 5.74) is 0.972. The number of anilines is 1. The van der Waals surface area contributed by atoms with Gasteiger partial charge in [0.05, 0.1) is 19.3 Å². The van der Waals surface area contributed by atoms with E-state index in [2.05, 4.69) is 20.1 Å².